The Bertz CT molecular complexity index is 1030. The van der Waals surface area contributed by atoms with Gasteiger partial charge in [0.15, 0.2) is 5.16 Å². The first-order valence-electron chi connectivity index (χ1n) is 10.9. The number of nitrogens with one attached hydrogen (secondary N) is 1. The molecule has 1 saturated heterocycles. The van der Waals surface area contributed by atoms with Crippen molar-refractivity contribution in [1.82, 2.24) is 19.8 Å². The number of benzene rings is 2. The van der Waals surface area contributed by atoms with Gasteiger partial charge in [0, 0.05) is 18.7 Å². The summed E-state index contributed by atoms with van der Waals surface area (Å²) >= 11 is 1.49. The Morgan fingerprint density at radius 3 is 2.68 bits per heavy atom. The van der Waals surface area contributed by atoms with E-state index in [0.29, 0.717) is 12.3 Å². The van der Waals surface area contributed by atoms with Crippen molar-refractivity contribution in [3.05, 3.63) is 54.1 Å². The number of fused-ring (bicyclic) bond motifs is 1. The summed E-state index contributed by atoms with van der Waals surface area (Å²) in [4.78, 5) is 19.9. The Labute approximate surface area is 188 Å². The molecule has 1 N–H and O–H groups in total. The number of hydrogen-bond acceptors (Lipinski definition) is 5. The fraction of sp³-hybridized carbons (Fsp3) is 0.417. The first-order valence-corrected chi connectivity index (χ1v) is 11.9. The Kier molecular flexibility index (Phi) is 7.14. The van der Waals surface area contributed by atoms with E-state index in [-0.39, 0.29) is 11.9 Å². The summed E-state index contributed by atoms with van der Waals surface area (Å²) in [6.07, 6.45) is 2.39. The number of thioether (sulfide) groups is 1. The van der Waals surface area contributed by atoms with Gasteiger partial charge in [-0.25, -0.2) is 4.98 Å². The molecule has 4 rings (SSSR count). The summed E-state index contributed by atoms with van der Waals surface area (Å²) in [5, 5.41) is 4.05. The van der Waals surface area contributed by atoms with Crippen LogP contribution < -0.4 is 10.1 Å². The van der Waals surface area contributed by atoms with Gasteiger partial charge >= 0.3 is 0 Å². The van der Waals surface area contributed by atoms with E-state index in [1.54, 1.807) is 7.11 Å². The van der Waals surface area contributed by atoms with Crippen molar-refractivity contribution in [2.45, 2.75) is 37.5 Å². The highest BCUT2D eigenvalue weighted by atomic mass is 32.2. The molecule has 0 saturated carbocycles. The van der Waals surface area contributed by atoms with Gasteiger partial charge < -0.3 is 14.6 Å². The van der Waals surface area contributed by atoms with Crippen LogP contribution in [0.4, 0.5) is 0 Å². The summed E-state index contributed by atoms with van der Waals surface area (Å²) in [7, 11) is 1.70. The van der Waals surface area contributed by atoms with Crippen LogP contribution >= 0.6 is 11.8 Å². The number of amides is 1. The minimum atomic E-state index is 0.0267. The monoisotopic (exact) mass is 438 g/mol. The van der Waals surface area contributed by atoms with Gasteiger partial charge in [-0.15, -0.1) is 0 Å². The molecule has 3 aromatic rings. The van der Waals surface area contributed by atoms with Gasteiger partial charge in [0.1, 0.15) is 5.75 Å². The fourth-order valence-corrected chi connectivity index (χ4v) is 5.20. The van der Waals surface area contributed by atoms with Gasteiger partial charge in [0.25, 0.3) is 0 Å². The summed E-state index contributed by atoms with van der Waals surface area (Å²) < 4.78 is 7.76. The predicted octanol–water partition coefficient (Wildman–Crippen LogP) is 4.11. The number of nitrogens with zero attached hydrogens (tertiary/aromatic N) is 3. The standard InChI is InChI=1S/C24H30N4O2S/c1-3-28-20-12-6-5-11-19(20)26-24(28)31-17-23(29)25-16-21(27-14-8-9-15-27)18-10-4-7-13-22(18)30-2/h4-7,10-13,21H,3,8-9,14-17H2,1-2H3,(H,25,29). The van der Waals surface area contributed by atoms with Gasteiger partial charge in [-0.1, -0.05) is 42.1 Å². The van der Waals surface area contributed by atoms with Crippen LogP contribution in [0.3, 0.4) is 0 Å². The van der Waals surface area contributed by atoms with Crippen LogP contribution in [0.5, 0.6) is 5.75 Å². The Morgan fingerprint density at radius 2 is 1.90 bits per heavy atom. The van der Waals surface area contributed by atoms with Crippen molar-refractivity contribution in [3.8, 4) is 5.75 Å². The zero-order valence-corrected chi connectivity index (χ0v) is 19.0. The number of carbonyl (C=O) groups is 1. The molecule has 1 amide bonds. The zero-order valence-electron chi connectivity index (χ0n) is 18.2. The quantitative estimate of drug-likeness (QED) is 0.510. The molecule has 164 valence electrons. The number of methoxy groups -OCH3 is 1. The smallest absolute Gasteiger partial charge is 0.230 e. The number of aryl methyl sites for hydroxylation is 1. The van der Waals surface area contributed by atoms with Crippen molar-refractivity contribution in [1.29, 1.82) is 0 Å². The topological polar surface area (TPSA) is 59.4 Å². The Balaban J connectivity index is 1.41. The number of ether oxygens (including phenoxy) is 1. The molecule has 6 nitrogen and oxygen atoms in total. The highest BCUT2D eigenvalue weighted by molar-refractivity contribution is 7.99. The van der Waals surface area contributed by atoms with Crippen molar-refractivity contribution in [2.75, 3.05) is 32.5 Å². The van der Waals surface area contributed by atoms with E-state index >= 15 is 0 Å². The van der Waals surface area contributed by atoms with E-state index < -0.39 is 0 Å². The number of likely N-dealkylation sites (tertiary alicyclic amines) is 1. The van der Waals surface area contributed by atoms with Gasteiger partial charge in [-0.3, -0.25) is 9.69 Å². The summed E-state index contributed by atoms with van der Waals surface area (Å²) in [5.74, 6) is 1.25. The second-order valence-corrected chi connectivity index (χ2v) is 8.66. The minimum absolute atomic E-state index is 0.0267. The second kappa shape index (κ2) is 10.2. The molecule has 2 aromatic carbocycles. The maximum atomic E-state index is 12.7. The summed E-state index contributed by atoms with van der Waals surface area (Å²) in [5.41, 5.74) is 3.21. The molecular formula is C24H30N4O2S. The Morgan fingerprint density at radius 1 is 1.16 bits per heavy atom. The van der Waals surface area contributed by atoms with E-state index in [2.05, 4.69) is 33.8 Å². The maximum Gasteiger partial charge on any atom is 0.230 e. The normalized spacial score (nSPS) is 15.3. The average molecular weight is 439 g/mol. The van der Waals surface area contributed by atoms with E-state index in [1.807, 2.05) is 36.4 Å². The predicted molar refractivity (Wildman–Crippen MR) is 126 cm³/mol. The van der Waals surface area contributed by atoms with E-state index in [0.717, 1.165) is 47.1 Å². The molecule has 1 aromatic heterocycles. The molecule has 2 heterocycles. The van der Waals surface area contributed by atoms with E-state index in [9.17, 15) is 4.79 Å². The number of para-hydroxylation sites is 3. The molecule has 31 heavy (non-hydrogen) atoms. The fourth-order valence-electron chi connectivity index (χ4n) is 4.29. The molecule has 1 unspecified atom stereocenters. The van der Waals surface area contributed by atoms with Crippen LogP contribution in [0.15, 0.2) is 53.7 Å². The lowest BCUT2D eigenvalue weighted by Crippen LogP contribution is -2.37. The number of imidazole rings is 1. The lowest BCUT2D eigenvalue weighted by atomic mass is 10.0. The third-order valence-corrected chi connectivity index (χ3v) is 6.82. The first-order chi connectivity index (χ1) is 15.2. The molecule has 0 spiro atoms. The maximum absolute atomic E-state index is 12.7. The lowest BCUT2D eigenvalue weighted by molar-refractivity contribution is -0.118. The molecular weight excluding hydrogens is 408 g/mol. The molecule has 1 aliphatic heterocycles. The number of rotatable bonds is 9. The van der Waals surface area contributed by atoms with Crippen LogP contribution in [-0.4, -0.2) is 52.9 Å². The van der Waals surface area contributed by atoms with Crippen LogP contribution in [0.2, 0.25) is 0 Å². The van der Waals surface area contributed by atoms with E-state index in [4.69, 9.17) is 9.72 Å². The van der Waals surface area contributed by atoms with Gasteiger partial charge in [-0.2, -0.15) is 0 Å². The highest BCUT2D eigenvalue weighted by Gasteiger charge is 2.26. The van der Waals surface area contributed by atoms with Crippen molar-refractivity contribution in [3.63, 3.8) is 0 Å². The SMILES string of the molecule is CCn1c(SCC(=O)NCC(c2ccccc2OC)N2CCCC2)nc2ccccc21. The van der Waals surface area contributed by atoms with Crippen LogP contribution in [0, 0.1) is 0 Å². The summed E-state index contributed by atoms with van der Waals surface area (Å²) in [6.45, 7) is 5.60. The van der Waals surface area contributed by atoms with Crippen LogP contribution in [0.25, 0.3) is 11.0 Å². The van der Waals surface area contributed by atoms with Crippen LogP contribution in [0.1, 0.15) is 31.4 Å². The number of aromatic nitrogens is 2. The first kappa shape index (κ1) is 21.7. The molecule has 0 bridgehead atoms. The largest absolute Gasteiger partial charge is 0.496 e. The van der Waals surface area contributed by atoms with Crippen molar-refractivity contribution < 1.29 is 9.53 Å². The Hall–Kier alpha value is -2.51. The third kappa shape index (κ3) is 4.88. The van der Waals surface area contributed by atoms with Gasteiger partial charge in [-0.05, 0) is 51.1 Å². The van der Waals surface area contributed by atoms with Gasteiger partial charge in [0.2, 0.25) is 5.91 Å². The van der Waals surface area contributed by atoms with Crippen LogP contribution in [-0.2, 0) is 11.3 Å². The molecule has 1 atom stereocenters. The number of carbonyl (C=O) groups excluding carboxylic acids is 1. The van der Waals surface area contributed by atoms with Crippen molar-refractivity contribution >= 4 is 28.7 Å². The lowest BCUT2D eigenvalue weighted by Gasteiger charge is -2.29. The summed E-state index contributed by atoms with van der Waals surface area (Å²) in [6, 6.07) is 16.3. The minimum Gasteiger partial charge on any atom is -0.496 e. The van der Waals surface area contributed by atoms with Gasteiger partial charge in [0.05, 0.1) is 29.9 Å². The zero-order chi connectivity index (χ0) is 21.6. The molecule has 0 aliphatic carbocycles. The molecule has 1 aliphatic rings. The molecule has 0 radical (unpaired) electrons. The average Bonchev–Trinajstić information content (AvgIpc) is 3.46. The number of hydrogen-bond donors (Lipinski definition) is 1. The molecule has 7 heteroatoms. The second-order valence-electron chi connectivity index (χ2n) is 7.72. The highest BCUT2D eigenvalue weighted by Crippen LogP contribution is 2.31. The van der Waals surface area contributed by atoms with Crippen molar-refractivity contribution in [2.24, 2.45) is 0 Å². The third-order valence-electron chi connectivity index (χ3n) is 5.84. The van der Waals surface area contributed by atoms with E-state index in [1.165, 1.54) is 24.6 Å². The molecule has 1 fully saturated rings.